The van der Waals surface area contributed by atoms with E-state index in [0.29, 0.717) is 10.7 Å². The van der Waals surface area contributed by atoms with E-state index in [4.69, 9.17) is 16.3 Å². The summed E-state index contributed by atoms with van der Waals surface area (Å²) in [5, 5.41) is 3.05. The maximum atomic E-state index is 12.3. The van der Waals surface area contributed by atoms with Crippen molar-refractivity contribution in [3.63, 3.8) is 0 Å². The molecular weight excluding hydrogens is 338 g/mol. The van der Waals surface area contributed by atoms with Gasteiger partial charge in [0.05, 0.1) is 23.4 Å². The van der Waals surface area contributed by atoms with Crippen molar-refractivity contribution in [1.82, 2.24) is 0 Å². The Morgan fingerprint density at radius 2 is 1.76 bits per heavy atom. The number of ether oxygens (including phenoxy) is 1. The van der Waals surface area contributed by atoms with Crippen LogP contribution in [0.2, 0.25) is 5.02 Å². The molecule has 2 aromatic rings. The number of anilines is 1. The molecule has 0 radical (unpaired) electrons. The summed E-state index contributed by atoms with van der Waals surface area (Å²) in [5.41, 5.74) is 1.43. The van der Waals surface area contributed by atoms with E-state index in [1.54, 1.807) is 43.5 Å². The highest BCUT2D eigenvalue weighted by Gasteiger charge is 2.14. The third-order valence-corrected chi connectivity index (χ3v) is 3.74. The molecule has 0 atom stereocenters. The lowest BCUT2D eigenvalue weighted by molar-refractivity contribution is -0.118. The molecule has 1 N–H and O–H groups in total. The topological polar surface area (TPSA) is 55.4 Å². The van der Waals surface area contributed by atoms with Gasteiger partial charge in [0, 0.05) is 0 Å². The molecule has 128 valence electrons. The molecule has 0 aromatic heterocycles. The molecule has 0 unspecified atom stereocenters. The molecule has 0 aliphatic rings. The summed E-state index contributed by atoms with van der Waals surface area (Å²) in [6.45, 7) is 1.35. The van der Waals surface area contributed by atoms with E-state index in [1.165, 1.54) is 13.0 Å². The van der Waals surface area contributed by atoms with Gasteiger partial charge in [0.1, 0.15) is 5.75 Å². The highest BCUT2D eigenvalue weighted by Crippen LogP contribution is 2.21. The molecule has 0 bridgehead atoms. The Balaban J connectivity index is 2.14. The molecule has 0 heterocycles. The first-order chi connectivity index (χ1) is 12.0. The molecule has 25 heavy (non-hydrogen) atoms. The number of methoxy groups -OCH3 is 1. The highest BCUT2D eigenvalue weighted by atomic mass is 35.5. The van der Waals surface area contributed by atoms with Gasteiger partial charge in [-0.05, 0) is 42.8 Å². The lowest BCUT2D eigenvalue weighted by Crippen LogP contribution is -2.19. The molecule has 2 aromatic carbocycles. The monoisotopic (exact) mass is 355 g/mol. The van der Waals surface area contributed by atoms with E-state index in [9.17, 15) is 9.59 Å². The van der Waals surface area contributed by atoms with Crippen LogP contribution >= 0.6 is 11.6 Å². The summed E-state index contributed by atoms with van der Waals surface area (Å²) < 4.78 is 5.10. The third-order valence-electron chi connectivity index (χ3n) is 3.41. The zero-order valence-electron chi connectivity index (χ0n) is 14.0. The van der Waals surface area contributed by atoms with E-state index in [-0.39, 0.29) is 11.4 Å². The molecule has 0 fully saturated rings. The third kappa shape index (κ3) is 5.33. The fraction of sp³-hybridized carbons (Fsp3) is 0.100. The van der Waals surface area contributed by atoms with Gasteiger partial charge in [0.15, 0.2) is 5.78 Å². The van der Waals surface area contributed by atoms with E-state index in [2.05, 4.69) is 5.32 Å². The summed E-state index contributed by atoms with van der Waals surface area (Å²) in [6.07, 6.45) is 4.94. The second-order valence-corrected chi connectivity index (χ2v) is 5.61. The SMILES string of the molecule is COc1ccc(/C=C/C=C(/C(C)=O)C(=O)Nc2ccccc2Cl)cc1. The van der Waals surface area contributed by atoms with Crippen LogP contribution in [0.3, 0.4) is 0 Å². The molecule has 0 saturated carbocycles. The van der Waals surface area contributed by atoms with Crippen molar-refractivity contribution in [2.24, 2.45) is 0 Å². The molecule has 0 aliphatic heterocycles. The second kappa shape index (κ2) is 8.85. The second-order valence-electron chi connectivity index (χ2n) is 5.20. The number of nitrogens with one attached hydrogen (secondary N) is 1. The summed E-state index contributed by atoms with van der Waals surface area (Å²) in [6, 6.07) is 14.3. The van der Waals surface area contributed by atoms with Crippen LogP contribution in [-0.2, 0) is 9.59 Å². The van der Waals surface area contributed by atoms with Crippen LogP contribution in [0.4, 0.5) is 5.69 Å². The van der Waals surface area contributed by atoms with Gasteiger partial charge in [-0.3, -0.25) is 9.59 Å². The number of halogens is 1. The average molecular weight is 356 g/mol. The van der Waals surface area contributed by atoms with Gasteiger partial charge in [-0.2, -0.15) is 0 Å². The maximum Gasteiger partial charge on any atom is 0.259 e. The van der Waals surface area contributed by atoms with Crippen LogP contribution in [0.1, 0.15) is 12.5 Å². The minimum atomic E-state index is -0.500. The molecule has 0 aliphatic carbocycles. The van der Waals surface area contributed by atoms with Crippen molar-refractivity contribution in [1.29, 1.82) is 0 Å². The van der Waals surface area contributed by atoms with Crippen LogP contribution in [-0.4, -0.2) is 18.8 Å². The van der Waals surface area contributed by atoms with E-state index >= 15 is 0 Å². The van der Waals surface area contributed by atoms with Gasteiger partial charge >= 0.3 is 0 Å². The number of amides is 1. The van der Waals surface area contributed by atoms with Crippen LogP contribution in [0, 0.1) is 0 Å². The summed E-state index contributed by atoms with van der Waals surface area (Å²) >= 11 is 6.02. The number of carbonyl (C=O) groups is 2. The molecule has 2 rings (SSSR count). The van der Waals surface area contributed by atoms with Gasteiger partial charge in [-0.25, -0.2) is 0 Å². The number of Topliss-reactive ketones (excluding diaryl/α,β-unsaturated/α-hetero) is 1. The number of para-hydroxylation sites is 1. The first-order valence-corrected chi connectivity index (χ1v) is 7.98. The lowest BCUT2D eigenvalue weighted by atomic mass is 10.1. The van der Waals surface area contributed by atoms with Crippen LogP contribution < -0.4 is 10.1 Å². The quantitative estimate of drug-likeness (QED) is 0.359. The molecule has 5 heteroatoms. The Kier molecular flexibility index (Phi) is 6.54. The summed E-state index contributed by atoms with van der Waals surface area (Å²) in [4.78, 5) is 24.1. The predicted octanol–water partition coefficient (Wildman–Crippen LogP) is 4.52. The van der Waals surface area contributed by atoms with E-state index in [0.717, 1.165) is 11.3 Å². The van der Waals surface area contributed by atoms with Crippen molar-refractivity contribution < 1.29 is 14.3 Å². The average Bonchev–Trinajstić information content (AvgIpc) is 2.60. The zero-order chi connectivity index (χ0) is 18.2. The standard InChI is InChI=1S/C20H18ClNO3/c1-14(23)17(20(24)22-19-9-4-3-8-18(19)21)7-5-6-15-10-12-16(25-2)13-11-15/h3-13H,1-2H3,(H,22,24)/b6-5+,17-7-. The van der Waals surface area contributed by atoms with Gasteiger partial charge < -0.3 is 10.1 Å². The van der Waals surface area contributed by atoms with Crippen LogP contribution in [0.25, 0.3) is 6.08 Å². The smallest absolute Gasteiger partial charge is 0.259 e. The minimum absolute atomic E-state index is 0.0460. The summed E-state index contributed by atoms with van der Waals surface area (Å²) in [5.74, 6) is -0.0693. The number of hydrogen-bond donors (Lipinski definition) is 1. The number of carbonyl (C=O) groups excluding carboxylic acids is 2. The summed E-state index contributed by atoms with van der Waals surface area (Å²) in [7, 11) is 1.60. The minimum Gasteiger partial charge on any atom is -0.497 e. The number of rotatable bonds is 6. The van der Waals surface area contributed by atoms with Crippen molar-refractivity contribution in [3.8, 4) is 5.75 Å². The zero-order valence-corrected chi connectivity index (χ0v) is 14.7. The fourth-order valence-electron chi connectivity index (χ4n) is 2.08. The largest absolute Gasteiger partial charge is 0.497 e. The Bertz CT molecular complexity index is 823. The fourth-order valence-corrected chi connectivity index (χ4v) is 2.26. The predicted molar refractivity (Wildman–Crippen MR) is 101 cm³/mol. The Labute approximate surface area is 151 Å². The Hall–Kier alpha value is -2.85. The maximum absolute atomic E-state index is 12.3. The molecule has 1 amide bonds. The Morgan fingerprint density at radius 1 is 1.08 bits per heavy atom. The van der Waals surface area contributed by atoms with Crippen molar-refractivity contribution in [2.75, 3.05) is 12.4 Å². The molecule has 0 spiro atoms. The number of allylic oxidation sites excluding steroid dienone is 2. The van der Waals surface area contributed by atoms with Crippen molar-refractivity contribution in [2.45, 2.75) is 6.92 Å². The first kappa shape index (κ1) is 18.5. The van der Waals surface area contributed by atoms with Gasteiger partial charge in [0.25, 0.3) is 5.91 Å². The van der Waals surface area contributed by atoms with Crippen LogP contribution in [0.5, 0.6) is 5.75 Å². The highest BCUT2D eigenvalue weighted by molar-refractivity contribution is 6.34. The normalized spacial score (nSPS) is 11.4. The number of ketones is 1. The molecular formula is C20H18ClNO3. The van der Waals surface area contributed by atoms with Gasteiger partial charge in [-0.1, -0.05) is 48.0 Å². The van der Waals surface area contributed by atoms with Crippen LogP contribution in [0.15, 0.2) is 66.3 Å². The molecule has 4 nitrogen and oxygen atoms in total. The molecule has 0 saturated heterocycles. The first-order valence-electron chi connectivity index (χ1n) is 7.60. The van der Waals surface area contributed by atoms with Gasteiger partial charge in [0.2, 0.25) is 0 Å². The number of hydrogen-bond acceptors (Lipinski definition) is 3. The van der Waals surface area contributed by atoms with Gasteiger partial charge in [-0.15, -0.1) is 0 Å². The van der Waals surface area contributed by atoms with Crippen molar-refractivity contribution >= 4 is 35.1 Å². The van der Waals surface area contributed by atoms with E-state index < -0.39 is 5.91 Å². The Morgan fingerprint density at radius 3 is 2.36 bits per heavy atom. The lowest BCUT2D eigenvalue weighted by Gasteiger charge is -2.07. The van der Waals surface area contributed by atoms with E-state index in [1.807, 2.05) is 24.3 Å². The number of benzene rings is 2. The van der Waals surface area contributed by atoms with Crippen molar-refractivity contribution in [3.05, 3.63) is 76.8 Å².